The molecule has 0 aliphatic heterocycles. The fraction of sp³-hybridized carbons (Fsp3) is 0.238. The van der Waals surface area contributed by atoms with Gasteiger partial charge in [-0.25, -0.2) is 0 Å². The van der Waals surface area contributed by atoms with Crippen molar-refractivity contribution in [2.75, 3.05) is 26.0 Å². The van der Waals surface area contributed by atoms with Gasteiger partial charge in [-0.2, -0.15) is 0 Å². The minimum absolute atomic E-state index is 0.211. The number of hydrogen-bond donors (Lipinski definition) is 2. The molecule has 0 aliphatic rings. The van der Waals surface area contributed by atoms with E-state index in [9.17, 15) is 9.59 Å². The largest absolute Gasteiger partial charge is 0.459 e. The summed E-state index contributed by atoms with van der Waals surface area (Å²) < 4.78 is 5.90. The van der Waals surface area contributed by atoms with Crippen molar-refractivity contribution in [2.45, 2.75) is 13.0 Å². The standard InChI is InChI=1S/C21H22ClN3O3/c1-13-15(22)8-6-9-16(13)24-21(27)20(26)23-12-17(25(2)3)19-11-14-7-4-5-10-18(14)28-19/h4-11,17H,12H2,1-3H3,(H,23,26)(H,24,27). The maximum absolute atomic E-state index is 12.3. The van der Waals surface area contributed by atoms with Gasteiger partial charge in [0.15, 0.2) is 0 Å². The number of rotatable bonds is 5. The van der Waals surface area contributed by atoms with Gasteiger partial charge in [0.1, 0.15) is 11.3 Å². The second-order valence-corrected chi connectivity index (χ2v) is 7.15. The number of nitrogens with one attached hydrogen (secondary N) is 2. The summed E-state index contributed by atoms with van der Waals surface area (Å²) in [7, 11) is 3.78. The molecule has 0 saturated carbocycles. The number of fused-ring (bicyclic) bond motifs is 1. The fourth-order valence-electron chi connectivity index (χ4n) is 2.90. The molecule has 6 nitrogen and oxygen atoms in total. The van der Waals surface area contributed by atoms with Gasteiger partial charge >= 0.3 is 11.8 Å². The van der Waals surface area contributed by atoms with Crippen molar-refractivity contribution in [3.63, 3.8) is 0 Å². The summed E-state index contributed by atoms with van der Waals surface area (Å²) in [4.78, 5) is 26.4. The predicted molar refractivity (Wildman–Crippen MR) is 110 cm³/mol. The van der Waals surface area contributed by atoms with Gasteiger partial charge in [0.25, 0.3) is 0 Å². The number of nitrogens with zero attached hydrogens (tertiary/aromatic N) is 1. The molecule has 0 aliphatic carbocycles. The van der Waals surface area contributed by atoms with Gasteiger partial charge < -0.3 is 15.1 Å². The Morgan fingerprint density at radius 3 is 2.57 bits per heavy atom. The van der Waals surface area contributed by atoms with Crippen molar-refractivity contribution >= 4 is 40.1 Å². The van der Waals surface area contributed by atoms with Crippen molar-refractivity contribution in [1.29, 1.82) is 0 Å². The highest BCUT2D eigenvalue weighted by Gasteiger charge is 2.22. The summed E-state index contributed by atoms with van der Waals surface area (Å²) in [6, 6.07) is 14.6. The van der Waals surface area contributed by atoms with Crippen molar-refractivity contribution in [2.24, 2.45) is 0 Å². The zero-order valence-electron chi connectivity index (χ0n) is 16.0. The molecule has 1 unspecified atom stereocenters. The number of amides is 2. The zero-order chi connectivity index (χ0) is 20.3. The zero-order valence-corrected chi connectivity index (χ0v) is 16.7. The molecule has 0 saturated heterocycles. The number of para-hydroxylation sites is 1. The molecule has 7 heteroatoms. The van der Waals surface area contributed by atoms with Crippen molar-refractivity contribution in [3.8, 4) is 0 Å². The van der Waals surface area contributed by atoms with Gasteiger partial charge in [0, 0.05) is 22.6 Å². The number of carbonyl (C=O) groups excluding carboxylic acids is 2. The molecule has 1 aromatic heterocycles. The molecule has 2 aromatic carbocycles. The molecular formula is C21H22ClN3O3. The third kappa shape index (κ3) is 4.35. The summed E-state index contributed by atoms with van der Waals surface area (Å²) in [5.74, 6) is -0.743. The van der Waals surface area contributed by atoms with Crippen molar-refractivity contribution in [1.82, 2.24) is 10.2 Å². The quantitative estimate of drug-likeness (QED) is 0.641. The van der Waals surface area contributed by atoms with Crippen molar-refractivity contribution in [3.05, 3.63) is 64.9 Å². The number of likely N-dealkylation sites (N-methyl/N-ethyl adjacent to an activating group) is 1. The highest BCUT2D eigenvalue weighted by atomic mass is 35.5. The molecule has 2 N–H and O–H groups in total. The normalized spacial score (nSPS) is 12.2. The SMILES string of the molecule is Cc1c(Cl)cccc1NC(=O)C(=O)NCC(c1cc2ccccc2o1)N(C)C. The van der Waals surface area contributed by atoms with E-state index in [1.54, 1.807) is 25.1 Å². The van der Waals surface area contributed by atoms with Crippen LogP contribution in [0, 0.1) is 6.92 Å². The van der Waals surface area contributed by atoms with Crippen LogP contribution in [-0.2, 0) is 9.59 Å². The first-order valence-electron chi connectivity index (χ1n) is 8.86. The van der Waals surface area contributed by atoms with Crippen LogP contribution in [0.5, 0.6) is 0 Å². The van der Waals surface area contributed by atoms with E-state index in [0.29, 0.717) is 16.3 Å². The summed E-state index contributed by atoms with van der Waals surface area (Å²) in [6.45, 7) is 2.01. The minimum Gasteiger partial charge on any atom is -0.459 e. The van der Waals surface area contributed by atoms with Crippen LogP contribution < -0.4 is 10.6 Å². The molecule has 3 rings (SSSR count). The number of carbonyl (C=O) groups is 2. The molecule has 2 amide bonds. The number of furan rings is 1. The summed E-state index contributed by atoms with van der Waals surface area (Å²) in [6.07, 6.45) is 0. The topological polar surface area (TPSA) is 74.6 Å². The lowest BCUT2D eigenvalue weighted by atomic mass is 10.1. The molecule has 146 valence electrons. The van der Waals surface area contributed by atoms with Gasteiger partial charge in [0.2, 0.25) is 0 Å². The molecule has 0 bridgehead atoms. The second kappa shape index (κ2) is 8.46. The van der Waals surface area contributed by atoms with Crippen LogP contribution in [0.3, 0.4) is 0 Å². The Bertz CT molecular complexity index is 980. The second-order valence-electron chi connectivity index (χ2n) is 6.74. The first-order valence-corrected chi connectivity index (χ1v) is 9.24. The summed E-state index contributed by atoms with van der Waals surface area (Å²) in [5.41, 5.74) is 2.00. The van der Waals surface area contributed by atoms with Crippen LogP contribution in [0.1, 0.15) is 17.4 Å². The van der Waals surface area contributed by atoms with E-state index in [1.165, 1.54) is 0 Å². The summed E-state index contributed by atoms with van der Waals surface area (Å²) >= 11 is 6.05. The molecule has 0 spiro atoms. The lowest BCUT2D eigenvalue weighted by Gasteiger charge is -2.22. The van der Waals surface area contributed by atoms with Gasteiger partial charge in [-0.05, 0) is 50.8 Å². The van der Waals surface area contributed by atoms with E-state index in [1.807, 2.05) is 49.3 Å². The smallest absolute Gasteiger partial charge is 0.313 e. The molecule has 1 atom stereocenters. The average Bonchev–Trinajstić information content (AvgIpc) is 3.08. The van der Waals surface area contributed by atoms with Crippen LogP contribution in [-0.4, -0.2) is 37.4 Å². The Balaban J connectivity index is 1.67. The maximum Gasteiger partial charge on any atom is 0.313 e. The van der Waals surface area contributed by atoms with Gasteiger partial charge in [-0.1, -0.05) is 35.9 Å². The van der Waals surface area contributed by atoms with E-state index in [4.69, 9.17) is 16.0 Å². The van der Waals surface area contributed by atoms with Gasteiger partial charge in [-0.15, -0.1) is 0 Å². The molecule has 28 heavy (non-hydrogen) atoms. The molecule has 3 aromatic rings. The number of benzene rings is 2. The fourth-order valence-corrected chi connectivity index (χ4v) is 3.07. The Hall–Kier alpha value is -2.83. The van der Waals surface area contributed by atoms with E-state index in [-0.39, 0.29) is 12.6 Å². The maximum atomic E-state index is 12.3. The highest BCUT2D eigenvalue weighted by Crippen LogP contribution is 2.26. The van der Waals surface area contributed by atoms with Crippen LogP contribution in [0.15, 0.2) is 52.9 Å². The lowest BCUT2D eigenvalue weighted by Crippen LogP contribution is -2.40. The van der Waals surface area contributed by atoms with E-state index >= 15 is 0 Å². The van der Waals surface area contributed by atoms with E-state index in [0.717, 1.165) is 16.7 Å². The monoisotopic (exact) mass is 399 g/mol. The van der Waals surface area contributed by atoms with Crippen LogP contribution in [0.4, 0.5) is 5.69 Å². The predicted octanol–water partition coefficient (Wildman–Crippen LogP) is 3.75. The minimum atomic E-state index is -0.743. The molecule has 0 radical (unpaired) electrons. The first kappa shape index (κ1) is 19.9. The Morgan fingerprint density at radius 2 is 1.86 bits per heavy atom. The third-order valence-electron chi connectivity index (χ3n) is 4.57. The van der Waals surface area contributed by atoms with Crippen LogP contribution in [0.25, 0.3) is 11.0 Å². The Kier molecular flexibility index (Phi) is 6.02. The molecule has 1 heterocycles. The van der Waals surface area contributed by atoms with Gasteiger partial charge in [-0.3, -0.25) is 14.5 Å². The van der Waals surface area contributed by atoms with E-state index in [2.05, 4.69) is 10.6 Å². The third-order valence-corrected chi connectivity index (χ3v) is 4.98. The van der Waals surface area contributed by atoms with Crippen LogP contribution >= 0.6 is 11.6 Å². The summed E-state index contributed by atoms with van der Waals surface area (Å²) in [5, 5.41) is 6.78. The van der Waals surface area contributed by atoms with Gasteiger partial charge in [0.05, 0.1) is 6.04 Å². The highest BCUT2D eigenvalue weighted by molar-refractivity contribution is 6.40. The number of hydrogen-bond acceptors (Lipinski definition) is 4. The Labute approximate surface area is 168 Å². The molecular weight excluding hydrogens is 378 g/mol. The van der Waals surface area contributed by atoms with E-state index < -0.39 is 11.8 Å². The van der Waals surface area contributed by atoms with Crippen molar-refractivity contribution < 1.29 is 14.0 Å². The Morgan fingerprint density at radius 1 is 1.11 bits per heavy atom. The average molecular weight is 400 g/mol. The first-order chi connectivity index (χ1) is 13.4. The molecule has 0 fully saturated rings. The number of anilines is 1. The lowest BCUT2D eigenvalue weighted by molar-refractivity contribution is -0.136. The van der Waals surface area contributed by atoms with Crippen LogP contribution in [0.2, 0.25) is 5.02 Å². The number of halogens is 1.